The van der Waals surface area contributed by atoms with Gasteiger partial charge in [0.15, 0.2) is 16.3 Å². The van der Waals surface area contributed by atoms with E-state index in [0.29, 0.717) is 22.9 Å². The van der Waals surface area contributed by atoms with E-state index < -0.39 is 17.5 Å². The average Bonchev–Trinajstić information content (AvgIpc) is 3.23. The average molecular weight is 454 g/mol. The number of nitrogens with one attached hydrogen (secondary N) is 2. The van der Waals surface area contributed by atoms with Gasteiger partial charge in [-0.2, -0.15) is 0 Å². The van der Waals surface area contributed by atoms with Crippen LogP contribution in [0.1, 0.15) is 28.3 Å². The van der Waals surface area contributed by atoms with Gasteiger partial charge >= 0.3 is 0 Å². The second-order valence-corrected chi connectivity index (χ2v) is 8.53. The highest BCUT2D eigenvalue weighted by Crippen LogP contribution is 2.48. The molecule has 2 N–H and O–H groups in total. The fourth-order valence-electron chi connectivity index (χ4n) is 4.63. The van der Waals surface area contributed by atoms with Gasteiger partial charge < -0.3 is 28.8 Å². The van der Waals surface area contributed by atoms with E-state index in [9.17, 15) is 9.90 Å². The molecule has 2 aliphatic rings. The van der Waals surface area contributed by atoms with Gasteiger partial charge in [-0.25, -0.2) is 0 Å². The molecule has 0 radical (unpaired) electrons. The molecule has 0 fully saturated rings. The van der Waals surface area contributed by atoms with Crippen molar-refractivity contribution in [2.75, 3.05) is 27.5 Å². The number of hydrogen-bond donors (Lipinski definition) is 2. The summed E-state index contributed by atoms with van der Waals surface area (Å²) in [5.41, 5.74) is 3.05. The van der Waals surface area contributed by atoms with Crippen LogP contribution >= 0.6 is 12.2 Å². The van der Waals surface area contributed by atoms with Crippen LogP contribution in [-0.4, -0.2) is 37.0 Å². The molecule has 32 heavy (non-hydrogen) atoms. The van der Waals surface area contributed by atoms with Crippen LogP contribution in [0.15, 0.2) is 35.1 Å². The molecule has 9 heteroatoms. The number of aromatic amines is 1. The quantitative estimate of drug-likeness (QED) is 0.579. The molecular weight excluding hydrogens is 430 g/mol. The normalized spacial score (nSPS) is 19.0. The summed E-state index contributed by atoms with van der Waals surface area (Å²) in [5.74, 6) is 1.19. The number of rotatable bonds is 3. The maximum atomic E-state index is 13.8. The number of likely N-dealkylation sites (N-methyl/N-ethyl adjacent to an activating group) is 1. The van der Waals surface area contributed by atoms with Gasteiger partial charge in [0.1, 0.15) is 6.04 Å². The van der Waals surface area contributed by atoms with Crippen molar-refractivity contribution in [1.82, 2.24) is 9.55 Å². The molecular formula is C23H23N3O5S. The maximum absolute atomic E-state index is 13.8. The molecule has 0 saturated carbocycles. The van der Waals surface area contributed by atoms with E-state index in [2.05, 4.69) is 4.98 Å². The van der Waals surface area contributed by atoms with E-state index in [1.165, 1.54) is 4.57 Å². The molecule has 0 aliphatic carbocycles. The highest BCUT2D eigenvalue weighted by atomic mass is 32.1. The van der Waals surface area contributed by atoms with Crippen LogP contribution in [0, 0.1) is 11.7 Å². The van der Waals surface area contributed by atoms with E-state index >= 15 is 0 Å². The molecule has 8 nitrogen and oxygen atoms in total. The first-order chi connectivity index (χ1) is 15.4. The molecule has 3 aromatic rings. The molecule has 1 aromatic heterocycles. The molecule has 0 bridgehead atoms. The van der Waals surface area contributed by atoms with Crippen molar-refractivity contribution in [2.45, 2.75) is 19.4 Å². The molecule has 0 amide bonds. The first-order valence-electron chi connectivity index (χ1n) is 10.4. The van der Waals surface area contributed by atoms with Crippen molar-refractivity contribution in [2.24, 2.45) is 0 Å². The van der Waals surface area contributed by atoms with Gasteiger partial charge in [-0.3, -0.25) is 9.78 Å². The Hall–Kier alpha value is -3.30. The fourth-order valence-corrected chi connectivity index (χ4v) is 4.91. The van der Waals surface area contributed by atoms with Crippen LogP contribution in [0.25, 0.3) is 5.69 Å². The van der Waals surface area contributed by atoms with Crippen molar-refractivity contribution in [1.29, 1.82) is 0 Å². The Morgan fingerprint density at radius 2 is 2.00 bits per heavy atom. The predicted octanol–water partition coefficient (Wildman–Crippen LogP) is 1.17. The number of fused-ring (bicyclic) bond motifs is 2. The summed E-state index contributed by atoms with van der Waals surface area (Å²) in [6.07, 6.45) is 0.758. The minimum absolute atomic E-state index is 0.0685. The summed E-state index contributed by atoms with van der Waals surface area (Å²) in [4.78, 5) is 16.9. The smallest absolute Gasteiger partial charge is 0.260 e. The number of hydrogen-bond acceptors (Lipinski definition) is 6. The number of benzene rings is 2. The molecule has 3 heterocycles. The third-order valence-electron chi connectivity index (χ3n) is 6.20. The van der Waals surface area contributed by atoms with Gasteiger partial charge in [0.25, 0.3) is 5.56 Å². The van der Waals surface area contributed by atoms with Gasteiger partial charge in [-0.1, -0.05) is 17.7 Å². The summed E-state index contributed by atoms with van der Waals surface area (Å²) in [7, 11) is 3.52. The second kappa shape index (κ2) is 7.68. The van der Waals surface area contributed by atoms with E-state index in [-0.39, 0.29) is 17.1 Å². The Kier molecular flexibility index (Phi) is 4.94. The van der Waals surface area contributed by atoms with Crippen molar-refractivity contribution in [3.63, 3.8) is 0 Å². The standard InChI is InChI=1S/C23H23N3O5S/c1-12-4-6-14(7-5-12)26-22(28)17(21(27)24-23(26)32)18-16-13(8-9-25(18)2)10-15-19(20(16)29-3)31-11-30-15/h4-7,10,18,28H,8-9,11H2,1-3H3,(H,24,27,32). The first-order valence-corrected chi connectivity index (χ1v) is 10.8. The maximum Gasteiger partial charge on any atom is 0.260 e. The summed E-state index contributed by atoms with van der Waals surface area (Å²) in [5, 5.41) is 13.8. The van der Waals surface area contributed by atoms with Crippen molar-refractivity contribution in [3.05, 3.63) is 67.7 Å². The SMILES string of the molecule is COc1c2c(cc3c1C(c1c([O-])n(-c4ccc(C)cc4)c(=S)[nH]c1=O)[NH+](C)CC3)OCO2. The van der Waals surface area contributed by atoms with Crippen LogP contribution in [0.4, 0.5) is 0 Å². The molecule has 0 saturated heterocycles. The summed E-state index contributed by atoms with van der Waals surface area (Å²) in [6.45, 7) is 2.81. The van der Waals surface area contributed by atoms with Crippen LogP contribution in [0.5, 0.6) is 23.1 Å². The van der Waals surface area contributed by atoms with Crippen molar-refractivity contribution >= 4 is 12.2 Å². The van der Waals surface area contributed by atoms with Crippen molar-refractivity contribution < 1.29 is 24.2 Å². The summed E-state index contributed by atoms with van der Waals surface area (Å²) < 4.78 is 18.4. The first kappa shape index (κ1) is 20.6. The molecule has 2 atom stereocenters. The van der Waals surface area contributed by atoms with Gasteiger partial charge in [0.2, 0.25) is 12.5 Å². The lowest BCUT2D eigenvalue weighted by molar-refractivity contribution is -0.908. The monoisotopic (exact) mass is 453 g/mol. The Balaban J connectivity index is 1.78. The minimum Gasteiger partial charge on any atom is -0.859 e. The minimum atomic E-state index is -0.549. The van der Waals surface area contributed by atoms with Gasteiger partial charge in [-0.15, -0.1) is 0 Å². The van der Waals surface area contributed by atoms with E-state index in [1.54, 1.807) is 7.11 Å². The Labute approximate surface area is 189 Å². The van der Waals surface area contributed by atoms with Crippen LogP contribution in [0.3, 0.4) is 0 Å². The van der Waals surface area contributed by atoms with Crippen LogP contribution in [-0.2, 0) is 6.42 Å². The van der Waals surface area contributed by atoms with Gasteiger partial charge in [0, 0.05) is 12.1 Å². The van der Waals surface area contributed by atoms with E-state index in [0.717, 1.165) is 34.6 Å². The number of aryl methyl sites for hydroxylation is 1. The number of quaternary nitrogens is 1. The Morgan fingerprint density at radius 3 is 2.72 bits per heavy atom. The zero-order valence-electron chi connectivity index (χ0n) is 18.0. The summed E-state index contributed by atoms with van der Waals surface area (Å²) >= 11 is 5.36. The van der Waals surface area contributed by atoms with E-state index in [4.69, 9.17) is 26.4 Å². The molecule has 2 unspecified atom stereocenters. The zero-order valence-corrected chi connectivity index (χ0v) is 18.8. The number of methoxy groups -OCH3 is 1. The molecule has 2 aliphatic heterocycles. The largest absolute Gasteiger partial charge is 0.859 e. The number of ether oxygens (including phenoxy) is 3. The molecule has 2 aromatic carbocycles. The number of nitrogens with zero attached hydrogens (tertiary/aromatic N) is 1. The number of H-pyrrole nitrogens is 1. The number of aromatic nitrogens is 2. The fraction of sp³-hybridized carbons (Fsp3) is 0.304. The third kappa shape index (κ3) is 3.08. The lowest BCUT2D eigenvalue weighted by atomic mass is 9.87. The topological polar surface area (TPSA) is 93.0 Å². The van der Waals surface area contributed by atoms with Crippen LogP contribution < -0.4 is 29.8 Å². The van der Waals surface area contributed by atoms with Gasteiger partial charge in [0.05, 0.1) is 31.8 Å². The highest BCUT2D eigenvalue weighted by molar-refractivity contribution is 7.71. The molecule has 166 valence electrons. The molecule has 0 spiro atoms. The summed E-state index contributed by atoms with van der Waals surface area (Å²) in [6, 6.07) is 8.81. The molecule has 5 rings (SSSR count). The lowest BCUT2D eigenvalue weighted by Crippen LogP contribution is -3.10. The van der Waals surface area contributed by atoms with E-state index in [1.807, 2.05) is 44.3 Å². The van der Waals surface area contributed by atoms with Crippen molar-refractivity contribution in [3.8, 4) is 28.8 Å². The van der Waals surface area contributed by atoms with Crippen LogP contribution in [0.2, 0.25) is 0 Å². The highest BCUT2D eigenvalue weighted by Gasteiger charge is 2.39. The third-order valence-corrected chi connectivity index (χ3v) is 6.49. The zero-order chi connectivity index (χ0) is 22.6. The van der Waals surface area contributed by atoms with Gasteiger partial charge in [-0.05, 0) is 48.8 Å². The Bertz CT molecular complexity index is 1330. The Morgan fingerprint density at radius 1 is 1.25 bits per heavy atom. The predicted molar refractivity (Wildman–Crippen MR) is 118 cm³/mol. The lowest BCUT2D eigenvalue weighted by Gasteiger charge is -2.35. The second-order valence-electron chi connectivity index (χ2n) is 8.14.